The molecule has 0 aliphatic rings. The van der Waals surface area contributed by atoms with E-state index in [-0.39, 0.29) is 13.2 Å². The maximum atomic E-state index is 8.93. The summed E-state index contributed by atoms with van der Waals surface area (Å²) in [5.41, 5.74) is 11.7. The number of hydrogen-bond donors (Lipinski definition) is 2. The third kappa shape index (κ3) is 13.2. The molecule has 0 aliphatic carbocycles. The van der Waals surface area contributed by atoms with Crippen molar-refractivity contribution in [1.29, 1.82) is 0 Å². The van der Waals surface area contributed by atoms with Gasteiger partial charge in [-0.3, -0.25) is 0 Å². The number of benzene rings is 6. The van der Waals surface area contributed by atoms with Gasteiger partial charge in [0.05, 0.1) is 26.4 Å². The second kappa shape index (κ2) is 24.5. The molecular weight excluding hydrogens is 751 g/mol. The van der Waals surface area contributed by atoms with E-state index in [9.17, 15) is 0 Å². The van der Waals surface area contributed by atoms with E-state index in [1.165, 1.54) is 33.4 Å². The van der Waals surface area contributed by atoms with E-state index >= 15 is 0 Å². The fourth-order valence-corrected chi connectivity index (χ4v) is 6.90. The normalized spacial score (nSPS) is 11.8. The third-order valence-electron chi connectivity index (χ3n) is 9.04. The first-order chi connectivity index (χ1) is 28.2. The molecule has 5 nitrogen and oxygen atoms in total. The van der Waals surface area contributed by atoms with Crippen LogP contribution in [0.5, 0.6) is 11.5 Å². The predicted molar refractivity (Wildman–Crippen MR) is 237 cm³/mol. The highest BCUT2D eigenvalue weighted by molar-refractivity contribution is 6.19. The van der Waals surface area contributed by atoms with E-state index in [1.807, 2.05) is 48.5 Å². The summed E-state index contributed by atoms with van der Waals surface area (Å²) < 4.78 is 16.5. The fraction of sp³-hybridized carbons (Fsp3) is 0.200. The maximum Gasteiger partial charge on any atom is 0.119 e. The molecule has 6 aromatic rings. The highest BCUT2D eigenvalue weighted by Gasteiger charge is 2.15. The van der Waals surface area contributed by atoms with Crippen molar-refractivity contribution in [2.75, 3.05) is 51.4 Å². The van der Waals surface area contributed by atoms with E-state index in [4.69, 9.17) is 47.6 Å². The number of hydrogen-bond acceptors (Lipinski definition) is 5. The SMILES string of the molecule is OCCOCCOc1ccc(/C(=C(/CCCl)c2ccccc2)c2ccccc2)cc1.OCCOc1ccc(/C(=C(/CCCl)c2ccccc2)c2ccccc2)cc1. The van der Waals surface area contributed by atoms with Crippen molar-refractivity contribution in [1.82, 2.24) is 0 Å². The molecule has 0 saturated carbocycles. The molecule has 0 aliphatic heterocycles. The summed E-state index contributed by atoms with van der Waals surface area (Å²) in [5.74, 6) is 2.64. The molecule has 0 unspecified atom stereocenters. The molecule has 0 aromatic heterocycles. The molecule has 294 valence electrons. The third-order valence-corrected chi connectivity index (χ3v) is 9.42. The van der Waals surface area contributed by atoms with Gasteiger partial charge in [-0.25, -0.2) is 0 Å². The van der Waals surface area contributed by atoms with Crippen LogP contribution in [0, 0.1) is 0 Å². The average Bonchev–Trinajstić information content (AvgIpc) is 3.28. The molecule has 0 saturated heterocycles. The van der Waals surface area contributed by atoms with Crippen molar-refractivity contribution in [2.24, 2.45) is 0 Å². The fourth-order valence-electron chi connectivity index (χ4n) is 6.52. The monoisotopic (exact) mass is 800 g/mol. The first-order valence-corrected chi connectivity index (χ1v) is 20.3. The van der Waals surface area contributed by atoms with Crippen molar-refractivity contribution in [3.63, 3.8) is 0 Å². The lowest BCUT2D eigenvalue weighted by atomic mass is 9.88. The van der Waals surface area contributed by atoms with Crippen molar-refractivity contribution in [3.05, 3.63) is 203 Å². The van der Waals surface area contributed by atoms with Crippen LogP contribution in [0.1, 0.15) is 46.2 Å². The van der Waals surface area contributed by atoms with Gasteiger partial charge in [0.1, 0.15) is 24.7 Å². The van der Waals surface area contributed by atoms with Gasteiger partial charge >= 0.3 is 0 Å². The lowest BCUT2D eigenvalue weighted by molar-refractivity contribution is 0.0705. The van der Waals surface area contributed by atoms with Crippen molar-refractivity contribution in [2.45, 2.75) is 12.8 Å². The number of alkyl halides is 2. The van der Waals surface area contributed by atoms with Crippen molar-refractivity contribution in [3.8, 4) is 11.5 Å². The van der Waals surface area contributed by atoms with Gasteiger partial charge in [0.2, 0.25) is 0 Å². The quantitative estimate of drug-likeness (QED) is 0.0485. The highest BCUT2D eigenvalue weighted by Crippen LogP contribution is 2.37. The van der Waals surface area contributed by atoms with Crippen molar-refractivity contribution < 1.29 is 24.4 Å². The van der Waals surface area contributed by atoms with Crippen LogP contribution in [0.3, 0.4) is 0 Å². The standard InChI is InChI=1S/C26H27ClO3.C24H23ClO2/c27-16-15-25(21-7-3-1-4-8-21)26(22-9-5-2-6-10-22)23-11-13-24(14-12-23)30-20-19-29-18-17-28;25-16-15-23(19-7-3-1-4-8-19)24(20-9-5-2-6-10-20)21-11-13-22(14-12-21)27-18-17-26/h1-14,28H,15-20H2;1-14,26H,15-18H2/b26-25-;24-23-. The Kier molecular flexibility index (Phi) is 18.5. The molecule has 6 rings (SSSR count). The predicted octanol–water partition coefficient (Wildman–Crippen LogP) is 11.3. The van der Waals surface area contributed by atoms with E-state index in [0.29, 0.717) is 38.2 Å². The van der Waals surface area contributed by atoms with Gasteiger partial charge < -0.3 is 24.4 Å². The molecule has 0 fully saturated rings. The largest absolute Gasteiger partial charge is 0.491 e. The summed E-state index contributed by atoms with van der Waals surface area (Å²) in [4.78, 5) is 0. The number of ether oxygens (including phenoxy) is 3. The Morgan fingerprint density at radius 2 is 0.702 bits per heavy atom. The van der Waals surface area contributed by atoms with Crippen LogP contribution < -0.4 is 9.47 Å². The minimum Gasteiger partial charge on any atom is -0.491 e. The molecule has 57 heavy (non-hydrogen) atoms. The Balaban J connectivity index is 0.000000219. The molecular formula is C50H50Cl2O5. The van der Waals surface area contributed by atoms with Gasteiger partial charge in [-0.15, -0.1) is 23.2 Å². The van der Waals surface area contributed by atoms with Gasteiger partial charge in [-0.1, -0.05) is 146 Å². The smallest absolute Gasteiger partial charge is 0.119 e. The zero-order chi connectivity index (χ0) is 39.9. The van der Waals surface area contributed by atoms with E-state index < -0.39 is 0 Å². The lowest BCUT2D eigenvalue weighted by Crippen LogP contribution is -2.09. The zero-order valence-electron chi connectivity index (χ0n) is 32.1. The van der Waals surface area contributed by atoms with Gasteiger partial charge in [0, 0.05) is 11.8 Å². The Hall–Kier alpha value is -5.14. The number of aliphatic hydroxyl groups excluding tert-OH is 2. The maximum absolute atomic E-state index is 8.93. The number of rotatable bonds is 19. The van der Waals surface area contributed by atoms with Crippen LogP contribution in [0.25, 0.3) is 22.3 Å². The van der Waals surface area contributed by atoms with Crippen molar-refractivity contribution >= 4 is 45.5 Å². The van der Waals surface area contributed by atoms with Gasteiger partial charge in [0.15, 0.2) is 0 Å². The molecule has 2 N–H and O–H groups in total. The second-order valence-electron chi connectivity index (χ2n) is 12.9. The van der Waals surface area contributed by atoms with Gasteiger partial charge in [-0.05, 0) is 92.8 Å². The number of halogens is 2. The van der Waals surface area contributed by atoms with E-state index in [1.54, 1.807) is 0 Å². The minimum absolute atomic E-state index is 0.00476. The van der Waals surface area contributed by atoms with Crippen LogP contribution in [0.15, 0.2) is 170 Å². The van der Waals surface area contributed by atoms with Crippen LogP contribution >= 0.6 is 23.2 Å². The summed E-state index contributed by atoms with van der Waals surface area (Å²) in [6.07, 6.45) is 1.55. The second-order valence-corrected chi connectivity index (χ2v) is 13.6. The zero-order valence-corrected chi connectivity index (χ0v) is 33.6. The average molecular weight is 802 g/mol. The summed E-state index contributed by atoms with van der Waals surface area (Å²) in [6.45, 7) is 1.55. The molecule has 0 heterocycles. The van der Waals surface area contributed by atoms with Gasteiger partial charge in [-0.2, -0.15) is 0 Å². The van der Waals surface area contributed by atoms with Crippen LogP contribution in [0.2, 0.25) is 0 Å². The Morgan fingerprint density at radius 3 is 1.05 bits per heavy atom. The Bertz CT molecular complexity index is 2070. The summed E-state index contributed by atoms with van der Waals surface area (Å²) in [7, 11) is 0. The van der Waals surface area contributed by atoms with Crippen LogP contribution in [-0.4, -0.2) is 61.6 Å². The molecule has 0 atom stereocenters. The molecule has 0 spiro atoms. The molecule has 0 bridgehead atoms. The topological polar surface area (TPSA) is 68.2 Å². The number of allylic oxidation sites excluding steroid dienone is 2. The summed E-state index contributed by atoms with van der Waals surface area (Å²) in [5, 5.41) is 17.7. The summed E-state index contributed by atoms with van der Waals surface area (Å²) >= 11 is 12.4. The number of aliphatic hydroxyl groups is 2. The Labute approximate surface area is 347 Å². The lowest BCUT2D eigenvalue weighted by Gasteiger charge is -2.17. The molecule has 6 aromatic carbocycles. The first kappa shape index (κ1) is 43.0. The molecule has 0 radical (unpaired) electrons. The highest BCUT2D eigenvalue weighted by atomic mass is 35.5. The van der Waals surface area contributed by atoms with Crippen LogP contribution in [0.4, 0.5) is 0 Å². The first-order valence-electron chi connectivity index (χ1n) is 19.2. The van der Waals surface area contributed by atoms with Crippen LogP contribution in [-0.2, 0) is 4.74 Å². The Morgan fingerprint density at radius 1 is 0.368 bits per heavy atom. The molecule has 0 amide bonds. The summed E-state index contributed by atoms with van der Waals surface area (Å²) in [6, 6.07) is 57.7. The minimum atomic E-state index is 0.00476. The van der Waals surface area contributed by atoms with E-state index in [2.05, 4.69) is 121 Å². The van der Waals surface area contributed by atoms with E-state index in [0.717, 1.165) is 46.6 Å². The van der Waals surface area contributed by atoms with Gasteiger partial charge in [0.25, 0.3) is 0 Å². The molecule has 7 heteroatoms.